The molecule has 8 nitrogen and oxygen atoms in total. The van der Waals surface area contributed by atoms with Crippen LogP contribution in [0.25, 0.3) is 0 Å². The summed E-state index contributed by atoms with van der Waals surface area (Å²) in [4.78, 5) is 27.8. The molecule has 0 saturated carbocycles. The first kappa shape index (κ1) is 18.3. The maximum Gasteiger partial charge on any atom is 0.317 e. The predicted molar refractivity (Wildman–Crippen MR) is 109 cm³/mol. The largest absolute Gasteiger partial charge is 0.497 e. The van der Waals surface area contributed by atoms with Crippen molar-refractivity contribution in [1.29, 1.82) is 0 Å². The summed E-state index contributed by atoms with van der Waals surface area (Å²) in [5.74, 6) is 2.73. The van der Waals surface area contributed by atoms with Crippen LogP contribution in [-0.2, 0) is 6.54 Å². The lowest BCUT2D eigenvalue weighted by Crippen LogP contribution is -2.51. The molecule has 3 aliphatic rings. The van der Waals surface area contributed by atoms with Crippen LogP contribution in [0.5, 0.6) is 5.75 Å². The first-order chi connectivity index (χ1) is 13.6. The zero-order valence-corrected chi connectivity index (χ0v) is 16.3. The lowest BCUT2D eigenvalue weighted by atomic mass is 10.2. The highest BCUT2D eigenvalue weighted by molar-refractivity contribution is 6.03. The van der Waals surface area contributed by atoms with Gasteiger partial charge in [-0.05, 0) is 24.6 Å². The Morgan fingerprint density at radius 1 is 1.21 bits per heavy atom. The van der Waals surface area contributed by atoms with Crippen molar-refractivity contribution in [1.82, 2.24) is 20.0 Å². The Balaban J connectivity index is 1.27. The van der Waals surface area contributed by atoms with E-state index in [1.165, 1.54) is 0 Å². The van der Waals surface area contributed by atoms with Gasteiger partial charge in [0, 0.05) is 45.3 Å². The van der Waals surface area contributed by atoms with Crippen molar-refractivity contribution in [3.63, 3.8) is 0 Å². The Morgan fingerprint density at radius 2 is 1.96 bits per heavy atom. The first-order valence-corrected chi connectivity index (χ1v) is 9.63. The molecule has 3 aliphatic heterocycles. The number of rotatable bonds is 4. The fraction of sp³-hybridized carbons (Fsp3) is 0.450. The van der Waals surface area contributed by atoms with E-state index in [2.05, 4.69) is 32.0 Å². The number of nitrogens with zero attached hydrogens (tertiary/aromatic N) is 5. The van der Waals surface area contributed by atoms with Crippen molar-refractivity contribution >= 4 is 18.2 Å². The van der Waals surface area contributed by atoms with Crippen LogP contribution < -0.4 is 10.1 Å². The molecule has 28 heavy (non-hydrogen) atoms. The summed E-state index contributed by atoms with van der Waals surface area (Å²) < 4.78 is 5.15. The molecule has 148 valence electrons. The van der Waals surface area contributed by atoms with Crippen LogP contribution in [0.4, 0.5) is 4.79 Å². The quantitative estimate of drug-likeness (QED) is 0.857. The molecule has 1 aromatic rings. The number of amides is 2. The number of carbonyl (C=O) groups is 1. The molecule has 0 aromatic heterocycles. The first-order valence-electron chi connectivity index (χ1n) is 9.63. The van der Waals surface area contributed by atoms with E-state index in [1.807, 2.05) is 41.6 Å². The van der Waals surface area contributed by atoms with E-state index in [0.29, 0.717) is 25.7 Å². The van der Waals surface area contributed by atoms with Gasteiger partial charge >= 0.3 is 6.03 Å². The summed E-state index contributed by atoms with van der Waals surface area (Å²) in [7, 11) is 1.64. The normalized spacial score (nSPS) is 21.2. The van der Waals surface area contributed by atoms with E-state index in [1.54, 1.807) is 7.11 Å². The monoisotopic (exact) mass is 382 g/mol. The molecule has 3 heterocycles. The van der Waals surface area contributed by atoms with Gasteiger partial charge in [-0.1, -0.05) is 12.1 Å². The van der Waals surface area contributed by atoms with E-state index in [-0.39, 0.29) is 6.03 Å². The second-order valence-electron chi connectivity index (χ2n) is 7.22. The number of benzene rings is 1. The second kappa shape index (κ2) is 7.92. The van der Waals surface area contributed by atoms with Gasteiger partial charge in [-0.2, -0.15) is 0 Å². The van der Waals surface area contributed by atoms with Crippen LogP contribution >= 0.6 is 0 Å². The van der Waals surface area contributed by atoms with Gasteiger partial charge in [0.05, 0.1) is 19.5 Å². The van der Waals surface area contributed by atoms with Crippen molar-refractivity contribution in [3.8, 4) is 5.75 Å². The third-order valence-electron chi connectivity index (χ3n) is 5.19. The van der Waals surface area contributed by atoms with E-state index >= 15 is 0 Å². The highest BCUT2D eigenvalue weighted by Gasteiger charge is 2.27. The molecular weight excluding hydrogens is 356 g/mol. The summed E-state index contributed by atoms with van der Waals surface area (Å²) >= 11 is 0. The van der Waals surface area contributed by atoms with E-state index in [4.69, 9.17) is 4.74 Å². The number of piperazine rings is 1. The van der Waals surface area contributed by atoms with Gasteiger partial charge in [-0.3, -0.25) is 4.99 Å². The molecule has 1 fully saturated rings. The van der Waals surface area contributed by atoms with Crippen LogP contribution in [-0.4, -0.2) is 78.8 Å². The van der Waals surface area contributed by atoms with Gasteiger partial charge in [-0.25, -0.2) is 9.79 Å². The number of ether oxygens (including phenoxy) is 1. The van der Waals surface area contributed by atoms with Crippen LogP contribution in [0.2, 0.25) is 0 Å². The van der Waals surface area contributed by atoms with Crippen molar-refractivity contribution in [2.24, 2.45) is 9.98 Å². The number of amidine groups is 1. The molecule has 1 saturated heterocycles. The van der Waals surface area contributed by atoms with Gasteiger partial charge in [-0.15, -0.1) is 0 Å². The van der Waals surface area contributed by atoms with E-state index < -0.39 is 0 Å². The van der Waals surface area contributed by atoms with Crippen LogP contribution in [0.15, 0.2) is 46.1 Å². The minimum atomic E-state index is -0.0308. The van der Waals surface area contributed by atoms with Gasteiger partial charge in [0.1, 0.15) is 17.4 Å². The highest BCUT2D eigenvalue weighted by Crippen LogP contribution is 2.18. The van der Waals surface area contributed by atoms with Crippen LogP contribution in [0, 0.1) is 0 Å². The topological polar surface area (TPSA) is 72.8 Å². The maximum absolute atomic E-state index is 12.5. The lowest BCUT2D eigenvalue weighted by molar-refractivity contribution is 0.156. The summed E-state index contributed by atoms with van der Waals surface area (Å²) in [5, 5.41) is 2.99. The molecule has 0 radical (unpaired) electrons. The zero-order chi connectivity index (χ0) is 19.5. The van der Waals surface area contributed by atoms with Crippen molar-refractivity contribution in [3.05, 3.63) is 41.7 Å². The smallest absolute Gasteiger partial charge is 0.317 e. The maximum atomic E-state index is 12.5. The van der Waals surface area contributed by atoms with Gasteiger partial charge < -0.3 is 24.8 Å². The van der Waals surface area contributed by atoms with Crippen molar-refractivity contribution < 1.29 is 9.53 Å². The number of nitrogens with one attached hydrogen (secondary N) is 1. The molecule has 1 atom stereocenters. The van der Waals surface area contributed by atoms with Gasteiger partial charge in [0.25, 0.3) is 0 Å². The molecule has 8 heteroatoms. The summed E-state index contributed by atoms with van der Waals surface area (Å²) in [5.41, 5.74) is 1.05. The molecular formula is C20H26N6O2. The Bertz CT molecular complexity index is 808. The number of aliphatic imine (C=N–C) groups is 2. The molecule has 1 N–H and O–H groups in total. The fourth-order valence-corrected chi connectivity index (χ4v) is 3.57. The fourth-order valence-electron chi connectivity index (χ4n) is 3.57. The van der Waals surface area contributed by atoms with E-state index in [0.717, 1.165) is 42.6 Å². The number of urea groups is 1. The molecule has 1 aromatic carbocycles. The summed E-state index contributed by atoms with van der Waals surface area (Å²) in [6.07, 6.45) is 3.91. The summed E-state index contributed by atoms with van der Waals surface area (Å²) in [6, 6.07) is 7.99. The zero-order valence-electron chi connectivity index (χ0n) is 16.3. The number of fused-ring (bicyclic) bond motifs is 1. The molecule has 2 amide bonds. The molecule has 0 aliphatic carbocycles. The van der Waals surface area contributed by atoms with Crippen molar-refractivity contribution in [2.45, 2.75) is 19.5 Å². The number of carbonyl (C=O) groups excluding carboxylic acids is 1. The Hall–Kier alpha value is -3.03. The minimum absolute atomic E-state index is 0.0308. The Kier molecular flexibility index (Phi) is 5.18. The Morgan fingerprint density at radius 3 is 2.68 bits per heavy atom. The number of hydrogen-bond acceptors (Lipinski definition) is 6. The van der Waals surface area contributed by atoms with Gasteiger partial charge in [0.15, 0.2) is 0 Å². The summed E-state index contributed by atoms with van der Waals surface area (Å²) in [6.45, 7) is 6.39. The Labute approximate surface area is 165 Å². The molecule has 4 rings (SSSR count). The van der Waals surface area contributed by atoms with E-state index in [9.17, 15) is 4.79 Å². The highest BCUT2D eigenvalue weighted by atomic mass is 16.5. The molecule has 1 unspecified atom stereocenters. The number of hydrogen-bond donors (Lipinski definition) is 1. The lowest BCUT2D eigenvalue weighted by Gasteiger charge is -2.36. The third kappa shape index (κ3) is 3.95. The predicted octanol–water partition coefficient (Wildman–Crippen LogP) is 1.51. The van der Waals surface area contributed by atoms with Gasteiger partial charge in [0.2, 0.25) is 0 Å². The second-order valence-corrected chi connectivity index (χ2v) is 7.22. The van der Waals surface area contributed by atoms with Crippen LogP contribution in [0.3, 0.4) is 0 Å². The number of methoxy groups -OCH3 is 1. The minimum Gasteiger partial charge on any atom is -0.497 e. The SMILES string of the molecule is COc1ccc(CNC(=O)N2CCN(C3=CC4=NC(C)CN4C=N3)CC2)cc1. The average molecular weight is 382 g/mol. The third-order valence-corrected chi connectivity index (χ3v) is 5.19. The van der Waals surface area contributed by atoms with Crippen LogP contribution in [0.1, 0.15) is 12.5 Å². The average Bonchev–Trinajstić information content (AvgIpc) is 3.11. The molecule has 0 spiro atoms. The molecule has 0 bridgehead atoms. The standard InChI is InChI=1S/C20H26N6O2/c1-15-13-26-14-22-18(11-19(26)23-15)24-7-9-25(10-8-24)20(27)21-12-16-3-5-17(28-2)6-4-16/h3-6,11,14-15H,7-10,12-13H2,1-2H3,(H,21,27). The van der Waals surface area contributed by atoms with Crippen molar-refractivity contribution in [2.75, 3.05) is 39.8 Å².